The number of nitrogens with zero attached hydrogens (tertiary/aromatic N) is 1. The quantitative estimate of drug-likeness (QED) is 0.903. The summed E-state index contributed by atoms with van der Waals surface area (Å²) < 4.78 is 13.4. The Labute approximate surface area is 129 Å². The standard InChI is InChI=1S/C15H19Cl2FN2/c1-2-11-7-19-14(9-3-4-9)8-20(11)15-12(16)5-10(18)6-13(15)17/h5-6,9,11,14,19H,2-4,7-8H2,1H3. The Hall–Kier alpha value is -0.510. The molecule has 1 N–H and O–H groups in total. The molecule has 1 aliphatic carbocycles. The summed E-state index contributed by atoms with van der Waals surface area (Å²) in [6, 6.07) is 3.55. The lowest BCUT2D eigenvalue weighted by atomic mass is 10.0. The van der Waals surface area contributed by atoms with Crippen molar-refractivity contribution in [2.75, 3.05) is 18.0 Å². The number of anilines is 1. The van der Waals surface area contributed by atoms with Crippen LogP contribution in [0.15, 0.2) is 12.1 Å². The maximum Gasteiger partial charge on any atom is 0.126 e. The normalized spacial score (nSPS) is 26.9. The minimum atomic E-state index is -0.384. The van der Waals surface area contributed by atoms with Crippen molar-refractivity contribution in [3.05, 3.63) is 28.0 Å². The van der Waals surface area contributed by atoms with E-state index in [1.54, 1.807) is 0 Å². The molecule has 0 radical (unpaired) electrons. The van der Waals surface area contributed by atoms with Crippen LogP contribution in [-0.2, 0) is 0 Å². The molecule has 2 fully saturated rings. The number of benzene rings is 1. The molecule has 2 atom stereocenters. The summed E-state index contributed by atoms with van der Waals surface area (Å²) in [5.74, 6) is 0.388. The van der Waals surface area contributed by atoms with E-state index in [1.165, 1.54) is 25.0 Å². The third-order valence-corrected chi connectivity index (χ3v) is 4.96. The number of hydrogen-bond donors (Lipinski definition) is 1. The topological polar surface area (TPSA) is 15.3 Å². The number of piperazine rings is 1. The van der Waals surface area contributed by atoms with Crippen LogP contribution in [0.2, 0.25) is 10.0 Å². The summed E-state index contributed by atoms with van der Waals surface area (Å²) in [6.07, 6.45) is 3.61. The summed E-state index contributed by atoms with van der Waals surface area (Å²) >= 11 is 12.5. The fourth-order valence-electron chi connectivity index (χ4n) is 3.09. The zero-order valence-electron chi connectivity index (χ0n) is 11.5. The maximum absolute atomic E-state index is 13.4. The van der Waals surface area contributed by atoms with E-state index in [1.807, 2.05) is 0 Å². The molecule has 3 rings (SSSR count). The van der Waals surface area contributed by atoms with Crippen molar-refractivity contribution in [2.24, 2.45) is 5.92 Å². The van der Waals surface area contributed by atoms with Crippen LogP contribution < -0.4 is 10.2 Å². The Morgan fingerprint density at radius 1 is 1.30 bits per heavy atom. The summed E-state index contributed by atoms with van der Waals surface area (Å²) in [5.41, 5.74) is 0.786. The monoisotopic (exact) mass is 316 g/mol. The van der Waals surface area contributed by atoms with Crippen LogP contribution in [0.25, 0.3) is 0 Å². The van der Waals surface area contributed by atoms with Crippen molar-refractivity contribution in [1.82, 2.24) is 5.32 Å². The van der Waals surface area contributed by atoms with E-state index in [9.17, 15) is 4.39 Å². The summed E-state index contributed by atoms with van der Waals surface area (Å²) in [5, 5.41) is 4.44. The third-order valence-electron chi connectivity index (χ3n) is 4.38. The zero-order valence-corrected chi connectivity index (χ0v) is 13.0. The molecule has 1 aliphatic heterocycles. The predicted octanol–water partition coefficient (Wildman–Crippen LogP) is 4.10. The van der Waals surface area contributed by atoms with Crippen molar-refractivity contribution in [2.45, 2.75) is 38.3 Å². The second-order valence-electron chi connectivity index (χ2n) is 5.78. The van der Waals surface area contributed by atoms with Gasteiger partial charge in [-0.15, -0.1) is 0 Å². The molecule has 1 heterocycles. The van der Waals surface area contributed by atoms with E-state index in [-0.39, 0.29) is 5.82 Å². The van der Waals surface area contributed by atoms with E-state index in [2.05, 4.69) is 17.1 Å². The molecule has 110 valence electrons. The Balaban J connectivity index is 1.92. The highest BCUT2D eigenvalue weighted by Crippen LogP contribution is 2.40. The Morgan fingerprint density at radius 3 is 2.50 bits per heavy atom. The second-order valence-corrected chi connectivity index (χ2v) is 6.60. The van der Waals surface area contributed by atoms with Gasteiger partial charge in [-0.25, -0.2) is 4.39 Å². The Morgan fingerprint density at radius 2 is 1.95 bits per heavy atom. The largest absolute Gasteiger partial charge is 0.363 e. The minimum absolute atomic E-state index is 0.352. The number of rotatable bonds is 3. The molecule has 1 saturated heterocycles. The third kappa shape index (κ3) is 2.76. The highest BCUT2D eigenvalue weighted by molar-refractivity contribution is 6.39. The first-order chi connectivity index (χ1) is 9.60. The average molecular weight is 317 g/mol. The van der Waals surface area contributed by atoms with Crippen LogP contribution >= 0.6 is 23.2 Å². The van der Waals surface area contributed by atoms with Gasteiger partial charge in [0.15, 0.2) is 0 Å². The first-order valence-corrected chi connectivity index (χ1v) is 8.00. The van der Waals surface area contributed by atoms with Gasteiger partial charge >= 0.3 is 0 Å². The molecule has 0 amide bonds. The van der Waals surface area contributed by atoms with Gasteiger partial charge in [0.05, 0.1) is 15.7 Å². The van der Waals surface area contributed by atoms with Gasteiger partial charge in [0.25, 0.3) is 0 Å². The lowest BCUT2D eigenvalue weighted by molar-refractivity contribution is 0.360. The van der Waals surface area contributed by atoms with Crippen LogP contribution in [0, 0.1) is 11.7 Å². The van der Waals surface area contributed by atoms with Gasteiger partial charge in [-0.3, -0.25) is 0 Å². The van der Waals surface area contributed by atoms with Crippen LogP contribution in [0.4, 0.5) is 10.1 Å². The summed E-state index contributed by atoms with van der Waals surface area (Å²) in [7, 11) is 0. The Bertz CT molecular complexity index is 482. The Kier molecular flexibility index (Phi) is 4.11. The van der Waals surface area contributed by atoms with Gasteiger partial charge in [0.2, 0.25) is 0 Å². The van der Waals surface area contributed by atoms with Crippen LogP contribution in [0.3, 0.4) is 0 Å². The minimum Gasteiger partial charge on any atom is -0.363 e. The van der Waals surface area contributed by atoms with Crippen molar-refractivity contribution in [3.63, 3.8) is 0 Å². The molecule has 5 heteroatoms. The van der Waals surface area contributed by atoms with E-state index in [4.69, 9.17) is 23.2 Å². The molecule has 0 spiro atoms. The lowest BCUT2D eigenvalue weighted by Crippen LogP contribution is -2.57. The zero-order chi connectivity index (χ0) is 14.3. The number of halogens is 3. The second kappa shape index (κ2) is 5.70. The van der Waals surface area contributed by atoms with E-state index >= 15 is 0 Å². The SMILES string of the molecule is CCC1CNC(C2CC2)CN1c1c(Cl)cc(F)cc1Cl. The van der Waals surface area contributed by atoms with Crippen LogP contribution in [0.5, 0.6) is 0 Å². The van der Waals surface area contributed by atoms with Gasteiger partial charge in [0.1, 0.15) is 5.82 Å². The smallest absolute Gasteiger partial charge is 0.126 e. The van der Waals surface area contributed by atoms with Gasteiger partial charge in [-0.05, 0) is 37.3 Å². The van der Waals surface area contributed by atoms with Gasteiger partial charge in [-0.1, -0.05) is 30.1 Å². The van der Waals surface area contributed by atoms with Crippen molar-refractivity contribution >= 4 is 28.9 Å². The maximum atomic E-state index is 13.4. The van der Waals surface area contributed by atoms with Gasteiger partial charge in [0, 0.05) is 25.2 Å². The first-order valence-electron chi connectivity index (χ1n) is 7.24. The fourth-order valence-corrected chi connectivity index (χ4v) is 3.76. The van der Waals surface area contributed by atoms with Gasteiger partial charge < -0.3 is 10.2 Å². The van der Waals surface area contributed by atoms with Crippen molar-refractivity contribution < 1.29 is 4.39 Å². The van der Waals surface area contributed by atoms with E-state index in [0.29, 0.717) is 22.1 Å². The predicted molar refractivity (Wildman–Crippen MR) is 82.4 cm³/mol. The molecule has 2 unspecified atom stereocenters. The molecule has 1 aromatic rings. The lowest BCUT2D eigenvalue weighted by Gasteiger charge is -2.42. The van der Waals surface area contributed by atoms with Crippen molar-refractivity contribution in [3.8, 4) is 0 Å². The molecule has 20 heavy (non-hydrogen) atoms. The number of hydrogen-bond acceptors (Lipinski definition) is 2. The molecule has 0 aromatic heterocycles. The average Bonchev–Trinajstić information content (AvgIpc) is 3.21. The van der Waals surface area contributed by atoms with E-state index < -0.39 is 0 Å². The molecular formula is C15H19Cl2FN2. The highest BCUT2D eigenvalue weighted by atomic mass is 35.5. The molecular weight excluding hydrogens is 298 g/mol. The molecule has 1 aromatic carbocycles. The summed E-state index contributed by atoms with van der Waals surface area (Å²) in [6.45, 7) is 3.98. The van der Waals surface area contributed by atoms with E-state index in [0.717, 1.165) is 31.1 Å². The summed E-state index contributed by atoms with van der Waals surface area (Å²) in [4.78, 5) is 2.27. The molecule has 2 nitrogen and oxygen atoms in total. The van der Waals surface area contributed by atoms with Crippen LogP contribution in [-0.4, -0.2) is 25.2 Å². The van der Waals surface area contributed by atoms with Gasteiger partial charge in [-0.2, -0.15) is 0 Å². The molecule has 0 bridgehead atoms. The van der Waals surface area contributed by atoms with Crippen LogP contribution in [0.1, 0.15) is 26.2 Å². The van der Waals surface area contributed by atoms with Crippen molar-refractivity contribution in [1.29, 1.82) is 0 Å². The first kappa shape index (κ1) is 14.4. The highest BCUT2D eigenvalue weighted by Gasteiger charge is 2.37. The molecule has 1 saturated carbocycles. The molecule has 2 aliphatic rings. The fraction of sp³-hybridized carbons (Fsp3) is 0.600. The number of nitrogens with one attached hydrogen (secondary N) is 1.